The Hall–Kier alpha value is 1.94. The Labute approximate surface area is 80.5 Å². The summed E-state index contributed by atoms with van der Waals surface area (Å²) in [4.78, 5) is 0. The largest absolute Gasteiger partial charge is 0.631 e. The normalized spacial score (nSPS) is 4.50. The molecule has 0 amide bonds. The zero-order valence-corrected chi connectivity index (χ0v) is 7.92. The molecule has 0 aliphatic rings. The molecule has 0 aromatic rings. The molecule has 0 heterocycles. The molecule has 0 aromatic carbocycles. The summed E-state index contributed by atoms with van der Waals surface area (Å²) in [5.41, 5.74) is 0. The molecule has 0 saturated carbocycles. The van der Waals surface area contributed by atoms with Crippen LogP contribution in [0.1, 0.15) is 0 Å². The second-order valence-corrected chi connectivity index (χ2v) is 0.346. The second-order valence-electron chi connectivity index (χ2n) is 0.346. The van der Waals surface area contributed by atoms with Crippen molar-refractivity contribution in [3.05, 3.63) is 0 Å². The van der Waals surface area contributed by atoms with E-state index in [4.69, 9.17) is 15.1 Å². The SMILES string of the molecule is OB(O)O.[Na].[Na]. The zero-order valence-electron chi connectivity index (χ0n) is 3.92. The molecule has 6 heavy (non-hydrogen) atoms. The molecule has 26 valence electrons. The summed E-state index contributed by atoms with van der Waals surface area (Å²) in [5, 5.41) is 21.5. The first-order valence-electron chi connectivity index (χ1n) is 0.775. The first kappa shape index (κ1) is 15.7. The minimum atomic E-state index is -2.17. The molecule has 0 saturated heterocycles. The van der Waals surface area contributed by atoms with Crippen LogP contribution in [0.25, 0.3) is 0 Å². The quantitative estimate of drug-likeness (QED) is 0.293. The molecular formula is H3BNa2O3. The Bertz CT molecular complexity index is 13.5. The summed E-state index contributed by atoms with van der Waals surface area (Å²) in [7, 11) is -2.17. The molecule has 0 bridgehead atoms. The summed E-state index contributed by atoms with van der Waals surface area (Å²) in [6.07, 6.45) is 0. The van der Waals surface area contributed by atoms with Gasteiger partial charge < -0.3 is 15.1 Å². The molecule has 3 nitrogen and oxygen atoms in total. The van der Waals surface area contributed by atoms with E-state index in [1.807, 2.05) is 0 Å². The van der Waals surface area contributed by atoms with Gasteiger partial charge in [-0.2, -0.15) is 0 Å². The Morgan fingerprint density at radius 1 is 0.833 bits per heavy atom. The molecule has 0 aliphatic carbocycles. The van der Waals surface area contributed by atoms with Crippen LogP contribution in [-0.4, -0.2) is 81.5 Å². The van der Waals surface area contributed by atoms with Crippen LogP contribution in [0.5, 0.6) is 0 Å². The van der Waals surface area contributed by atoms with E-state index in [1.54, 1.807) is 0 Å². The van der Waals surface area contributed by atoms with Crippen molar-refractivity contribution in [3.8, 4) is 0 Å². The summed E-state index contributed by atoms with van der Waals surface area (Å²) in [6, 6.07) is 0. The third-order valence-electron chi connectivity index (χ3n) is 0. The van der Waals surface area contributed by atoms with Crippen molar-refractivity contribution in [2.45, 2.75) is 0 Å². The zero-order chi connectivity index (χ0) is 3.58. The van der Waals surface area contributed by atoms with Gasteiger partial charge in [-0.3, -0.25) is 0 Å². The van der Waals surface area contributed by atoms with Crippen LogP contribution >= 0.6 is 0 Å². The van der Waals surface area contributed by atoms with Gasteiger partial charge in [0.1, 0.15) is 0 Å². The minimum Gasteiger partial charge on any atom is -0.402 e. The maximum atomic E-state index is 7.17. The summed E-state index contributed by atoms with van der Waals surface area (Å²) >= 11 is 0. The van der Waals surface area contributed by atoms with Gasteiger partial charge in [0.05, 0.1) is 0 Å². The molecule has 6 heteroatoms. The standard InChI is InChI=1S/BH3O3.2Na/c2-1(3)4;;/h2-4H;;. The van der Waals surface area contributed by atoms with Gasteiger partial charge in [-0.15, -0.1) is 0 Å². The van der Waals surface area contributed by atoms with Crippen LogP contribution in [0.15, 0.2) is 0 Å². The molecule has 0 aromatic heterocycles. The Balaban J connectivity index is -0.0000000450. The second kappa shape index (κ2) is 10.0. The van der Waals surface area contributed by atoms with Crippen molar-refractivity contribution < 1.29 is 15.1 Å². The molecule has 0 rings (SSSR count). The van der Waals surface area contributed by atoms with Gasteiger partial charge in [0.2, 0.25) is 0 Å². The van der Waals surface area contributed by atoms with E-state index in [-0.39, 0.29) is 59.1 Å². The van der Waals surface area contributed by atoms with Crippen molar-refractivity contribution in [1.82, 2.24) is 0 Å². The van der Waals surface area contributed by atoms with Crippen LogP contribution in [-0.2, 0) is 0 Å². The Morgan fingerprint density at radius 3 is 0.833 bits per heavy atom. The van der Waals surface area contributed by atoms with Gasteiger partial charge in [0.25, 0.3) is 0 Å². The summed E-state index contributed by atoms with van der Waals surface area (Å²) in [6.45, 7) is 0. The first-order chi connectivity index (χ1) is 1.73. The fraction of sp³-hybridized carbons (Fsp3) is 0. The van der Waals surface area contributed by atoms with Gasteiger partial charge in [-0.1, -0.05) is 0 Å². The van der Waals surface area contributed by atoms with Crippen molar-refractivity contribution in [1.29, 1.82) is 0 Å². The molecule has 0 fully saturated rings. The van der Waals surface area contributed by atoms with Crippen LogP contribution in [0.3, 0.4) is 0 Å². The topological polar surface area (TPSA) is 60.7 Å². The Morgan fingerprint density at radius 2 is 0.833 bits per heavy atom. The number of hydrogen-bond acceptors (Lipinski definition) is 3. The van der Waals surface area contributed by atoms with Crippen LogP contribution < -0.4 is 0 Å². The monoisotopic (exact) mass is 108 g/mol. The summed E-state index contributed by atoms with van der Waals surface area (Å²) in [5.74, 6) is 0. The molecule has 2 radical (unpaired) electrons. The Kier molecular flexibility index (Phi) is 26.2. The molecule has 0 unspecified atom stereocenters. The van der Waals surface area contributed by atoms with E-state index in [9.17, 15) is 0 Å². The van der Waals surface area contributed by atoms with Crippen LogP contribution in [0.4, 0.5) is 0 Å². The molecule has 0 spiro atoms. The average molecular weight is 108 g/mol. The molecular weight excluding hydrogens is 105 g/mol. The van der Waals surface area contributed by atoms with Gasteiger partial charge >= 0.3 is 7.32 Å². The first-order valence-corrected chi connectivity index (χ1v) is 0.775. The van der Waals surface area contributed by atoms with Crippen molar-refractivity contribution >= 4 is 66.4 Å². The van der Waals surface area contributed by atoms with Gasteiger partial charge in [-0.25, -0.2) is 0 Å². The van der Waals surface area contributed by atoms with Crippen molar-refractivity contribution in [2.24, 2.45) is 0 Å². The molecule has 0 aliphatic heterocycles. The van der Waals surface area contributed by atoms with E-state index in [2.05, 4.69) is 0 Å². The average Bonchev–Trinajstić information content (AvgIpc) is 0.811. The van der Waals surface area contributed by atoms with E-state index < -0.39 is 7.32 Å². The number of rotatable bonds is 0. The van der Waals surface area contributed by atoms with Crippen LogP contribution in [0.2, 0.25) is 0 Å². The third kappa shape index (κ3) is 38.4. The maximum absolute atomic E-state index is 7.17. The van der Waals surface area contributed by atoms with Crippen LogP contribution in [0, 0.1) is 0 Å². The van der Waals surface area contributed by atoms with Crippen molar-refractivity contribution in [2.75, 3.05) is 0 Å². The fourth-order valence-corrected chi connectivity index (χ4v) is 0. The maximum Gasteiger partial charge on any atom is 0.631 e. The van der Waals surface area contributed by atoms with E-state index >= 15 is 0 Å². The van der Waals surface area contributed by atoms with Gasteiger partial charge in [0.15, 0.2) is 0 Å². The summed E-state index contributed by atoms with van der Waals surface area (Å²) < 4.78 is 0. The predicted octanol–water partition coefficient (Wildman–Crippen LogP) is -2.81. The van der Waals surface area contributed by atoms with Gasteiger partial charge in [0, 0.05) is 59.1 Å². The smallest absolute Gasteiger partial charge is 0.402 e. The van der Waals surface area contributed by atoms with E-state index in [1.165, 1.54) is 0 Å². The van der Waals surface area contributed by atoms with Crippen molar-refractivity contribution in [3.63, 3.8) is 0 Å². The number of hydrogen-bond donors (Lipinski definition) is 3. The molecule has 3 N–H and O–H groups in total. The van der Waals surface area contributed by atoms with E-state index in [0.29, 0.717) is 0 Å². The third-order valence-corrected chi connectivity index (χ3v) is 0. The molecule has 0 atom stereocenters. The predicted molar refractivity (Wildman–Crippen MR) is 23.9 cm³/mol. The van der Waals surface area contributed by atoms with E-state index in [0.717, 1.165) is 0 Å². The minimum absolute atomic E-state index is 0. The van der Waals surface area contributed by atoms with Gasteiger partial charge in [-0.05, 0) is 0 Å². The fourth-order valence-electron chi connectivity index (χ4n) is 0.